The number of amides is 1. The van der Waals surface area contributed by atoms with E-state index < -0.39 is 0 Å². The summed E-state index contributed by atoms with van der Waals surface area (Å²) in [4.78, 5) is 12.7. The first-order valence-corrected chi connectivity index (χ1v) is 5.89. The monoisotopic (exact) mass is 260 g/mol. The van der Waals surface area contributed by atoms with E-state index in [-0.39, 0.29) is 0 Å². The van der Waals surface area contributed by atoms with Gasteiger partial charge in [-0.15, -0.1) is 0 Å². The van der Waals surface area contributed by atoms with Crippen LogP contribution in [0.1, 0.15) is 5.56 Å². The third-order valence-corrected chi connectivity index (χ3v) is 3.00. The van der Waals surface area contributed by atoms with E-state index >= 15 is 0 Å². The Morgan fingerprint density at radius 1 is 1.17 bits per heavy atom. The van der Waals surface area contributed by atoms with Crippen LogP contribution in [0.25, 0.3) is 0 Å². The molecule has 2 N–H and O–H groups in total. The van der Waals surface area contributed by atoms with E-state index in [2.05, 4.69) is 0 Å². The number of benzene rings is 2. The highest BCUT2D eigenvalue weighted by molar-refractivity contribution is 6.31. The molecule has 0 atom stereocenters. The van der Waals surface area contributed by atoms with Crippen LogP contribution in [0.15, 0.2) is 48.5 Å². The average molecular weight is 261 g/mol. The van der Waals surface area contributed by atoms with Gasteiger partial charge in [0.05, 0.1) is 6.54 Å². The summed E-state index contributed by atoms with van der Waals surface area (Å²) in [6.45, 7) is 0.423. The van der Waals surface area contributed by atoms with Crippen LogP contribution in [-0.4, -0.2) is 6.41 Å². The van der Waals surface area contributed by atoms with Crippen LogP contribution in [-0.2, 0) is 11.3 Å². The van der Waals surface area contributed by atoms with Gasteiger partial charge in [-0.3, -0.25) is 4.79 Å². The molecule has 3 nitrogen and oxygen atoms in total. The molecule has 0 aliphatic rings. The van der Waals surface area contributed by atoms with E-state index in [4.69, 9.17) is 17.3 Å². The van der Waals surface area contributed by atoms with Crippen LogP contribution >= 0.6 is 11.6 Å². The van der Waals surface area contributed by atoms with Crippen LogP contribution < -0.4 is 10.6 Å². The van der Waals surface area contributed by atoms with Gasteiger partial charge in [0.1, 0.15) is 0 Å². The van der Waals surface area contributed by atoms with Crippen molar-refractivity contribution in [3.63, 3.8) is 0 Å². The summed E-state index contributed by atoms with van der Waals surface area (Å²) in [5, 5.41) is 0.647. The number of anilines is 2. The average Bonchev–Trinajstić information content (AvgIpc) is 2.38. The Kier molecular flexibility index (Phi) is 3.85. The Bertz CT molecular complexity index is 557. The van der Waals surface area contributed by atoms with Crippen molar-refractivity contribution >= 4 is 29.4 Å². The third kappa shape index (κ3) is 2.81. The first-order chi connectivity index (χ1) is 8.70. The number of halogens is 1. The van der Waals surface area contributed by atoms with Crippen molar-refractivity contribution in [2.45, 2.75) is 6.54 Å². The van der Waals surface area contributed by atoms with E-state index in [1.54, 1.807) is 23.1 Å². The quantitative estimate of drug-likeness (QED) is 0.678. The molecule has 1 amide bonds. The highest BCUT2D eigenvalue weighted by Gasteiger charge is 2.08. The minimum Gasteiger partial charge on any atom is -0.399 e. The van der Waals surface area contributed by atoms with Gasteiger partial charge in [0, 0.05) is 16.4 Å². The van der Waals surface area contributed by atoms with Gasteiger partial charge < -0.3 is 10.6 Å². The molecule has 2 aromatic rings. The molecule has 0 saturated carbocycles. The van der Waals surface area contributed by atoms with Gasteiger partial charge in [0.25, 0.3) is 0 Å². The first kappa shape index (κ1) is 12.5. The summed E-state index contributed by atoms with van der Waals surface area (Å²) in [5.74, 6) is 0. The van der Waals surface area contributed by atoms with E-state index in [9.17, 15) is 4.79 Å². The largest absolute Gasteiger partial charge is 0.399 e. The number of nitrogen functional groups attached to an aromatic ring is 1. The van der Waals surface area contributed by atoms with Gasteiger partial charge in [-0.05, 0) is 29.8 Å². The maximum atomic E-state index is 11.2. The van der Waals surface area contributed by atoms with E-state index in [0.29, 0.717) is 17.3 Å². The van der Waals surface area contributed by atoms with Crippen molar-refractivity contribution in [2.24, 2.45) is 0 Å². The van der Waals surface area contributed by atoms with Crippen molar-refractivity contribution in [1.82, 2.24) is 0 Å². The Morgan fingerprint density at radius 2 is 1.94 bits per heavy atom. The predicted molar refractivity (Wildman–Crippen MR) is 74.6 cm³/mol. The second-order valence-corrected chi connectivity index (χ2v) is 4.33. The van der Waals surface area contributed by atoms with Crippen LogP contribution in [0, 0.1) is 0 Å². The summed E-state index contributed by atoms with van der Waals surface area (Å²) >= 11 is 6.08. The second-order valence-electron chi connectivity index (χ2n) is 3.92. The maximum absolute atomic E-state index is 11.2. The van der Waals surface area contributed by atoms with Crippen LogP contribution in [0.2, 0.25) is 5.02 Å². The number of nitrogens with zero attached hydrogens (tertiary/aromatic N) is 1. The van der Waals surface area contributed by atoms with Crippen LogP contribution in [0.5, 0.6) is 0 Å². The van der Waals surface area contributed by atoms with Crippen LogP contribution in [0.4, 0.5) is 11.4 Å². The van der Waals surface area contributed by atoms with Crippen molar-refractivity contribution in [3.8, 4) is 0 Å². The summed E-state index contributed by atoms with van der Waals surface area (Å²) in [6, 6.07) is 14.6. The minimum absolute atomic E-state index is 0.423. The zero-order valence-corrected chi connectivity index (χ0v) is 10.5. The molecule has 0 bridgehead atoms. The fraction of sp³-hybridized carbons (Fsp3) is 0.0714. The molecule has 4 heteroatoms. The van der Waals surface area contributed by atoms with Crippen LogP contribution in [0.3, 0.4) is 0 Å². The molecule has 92 valence electrons. The lowest BCUT2D eigenvalue weighted by Gasteiger charge is -2.18. The molecule has 0 spiro atoms. The molecule has 0 fully saturated rings. The van der Waals surface area contributed by atoms with Crippen molar-refractivity contribution in [1.29, 1.82) is 0 Å². The zero-order valence-electron chi connectivity index (χ0n) is 9.71. The standard InChI is InChI=1S/C14H13ClN2O/c15-14-7-2-1-4-11(14)9-17(10-18)13-6-3-5-12(16)8-13/h1-8,10H,9,16H2. The number of carbonyl (C=O) groups excluding carboxylic acids is 1. The Labute approximate surface area is 111 Å². The lowest BCUT2D eigenvalue weighted by Crippen LogP contribution is -2.20. The van der Waals surface area contributed by atoms with E-state index in [1.807, 2.05) is 30.3 Å². The highest BCUT2D eigenvalue weighted by atomic mass is 35.5. The molecule has 0 unspecified atom stereocenters. The summed E-state index contributed by atoms with van der Waals surface area (Å²) in [6.07, 6.45) is 0.776. The second kappa shape index (κ2) is 5.56. The molecule has 0 saturated heterocycles. The lowest BCUT2D eigenvalue weighted by atomic mass is 10.2. The fourth-order valence-corrected chi connectivity index (χ4v) is 1.90. The van der Waals surface area contributed by atoms with Crippen molar-refractivity contribution in [3.05, 3.63) is 59.1 Å². The van der Waals surface area contributed by atoms with Gasteiger partial charge >= 0.3 is 0 Å². The topological polar surface area (TPSA) is 46.3 Å². The van der Waals surface area contributed by atoms with Gasteiger partial charge in [-0.2, -0.15) is 0 Å². The highest BCUT2D eigenvalue weighted by Crippen LogP contribution is 2.22. The molecule has 2 rings (SSSR count). The lowest BCUT2D eigenvalue weighted by molar-refractivity contribution is -0.107. The number of rotatable bonds is 4. The minimum atomic E-state index is 0.423. The Balaban J connectivity index is 2.25. The third-order valence-electron chi connectivity index (χ3n) is 2.63. The zero-order chi connectivity index (χ0) is 13.0. The fourth-order valence-electron chi connectivity index (χ4n) is 1.70. The number of nitrogens with two attached hydrogens (primary N) is 1. The van der Waals surface area contributed by atoms with Crippen molar-refractivity contribution < 1.29 is 4.79 Å². The molecule has 18 heavy (non-hydrogen) atoms. The number of carbonyl (C=O) groups is 1. The molecule has 0 aliphatic heterocycles. The van der Waals surface area contributed by atoms with Gasteiger partial charge in [0.2, 0.25) is 6.41 Å². The number of hydrogen-bond donors (Lipinski definition) is 1. The Hall–Kier alpha value is -2.00. The molecular formula is C14H13ClN2O. The molecular weight excluding hydrogens is 248 g/mol. The van der Waals surface area contributed by atoms with E-state index in [0.717, 1.165) is 17.7 Å². The smallest absolute Gasteiger partial charge is 0.214 e. The van der Waals surface area contributed by atoms with E-state index in [1.165, 1.54) is 0 Å². The SMILES string of the molecule is Nc1cccc(N(C=O)Cc2ccccc2Cl)c1. The molecule has 2 aromatic carbocycles. The van der Waals surface area contributed by atoms with Gasteiger partial charge in [-0.1, -0.05) is 35.9 Å². The van der Waals surface area contributed by atoms with Gasteiger partial charge in [0.15, 0.2) is 0 Å². The predicted octanol–water partition coefficient (Wildman–Crippen LogP) is 3.09. The molecule has 0 aromatic heterocycles. The van der Waals surface area contributed by atoms with Crippen molar-refractivity contribution in [2.75, 3.05) is 10.6 Å². The first-order valence-electron chi connectivity index (χ1n) is 5.51. The normalized spacial score (nSPS) is 10.1. The Morgan fingerprint density at radius 3 is 2.61 bits per heavy atom. The molecule has 0 radical (unpaired) electrons. The summed E-state index contributed by atoms with van der Waals surface area (Å²) in [5.41, 5.74) is 7.98. The summed E-state index contributed by atoms with van der Waals surface area (Å²) < 4.78 is 0. The summed E-state index contributed by atoms with van der Waals surface area (Å²) in [7, 11) is 0. The maximum Gasteiger partial charge on any atom is 0.214 e. The number of hydrogen-bond acceptors (Lipinski definition) is 2. The molecule has 0 heterocycles. The molecule has 0 aliphatic carbocycles. The van der Waals surface area contributed by atoms with Gasteiger partial charge in [-0.25, -0.2) is 0 Å².